The fourth-order valence-corrected chi connectivity index (χ4v) is 1.58. The maximum atomic E-state index is 9.59. The Morgan fingerprint density at radius 1 is 1.07 bits per heavy atom. The lowest BCUT2D eigenvalue weighted by Crippen LogP contribution is -1.85. The van der Waals surface area contributed by atoms with Gasteiger partial charge in [-0.25, -0.2) is 4.79 Å². The van der Waals surface area contributed by atoms with Crippen molar-refractivity contribution in [3.63, 3.8) is 0 Å². The van der Waals surface area contributed by atoms with E-state index >= 15 is 0 Å². The van der Waals surface area contributed by atoms with Crippen LogP contribution in [0, 0.1) is 0 Å². The van der Waals surface area contributed by atoms with Crippen molar-refractivity contribution in [2.75, 3.05) is 0 Å². The number of hydrogen-bond acceptors (Lipinski definition) is 3. The smallest absolute Gasteiger partial charge is 0.211 e. The van der Waals surface area contributed by atoms with Crippen molar-refractivity contribution in [3.8, 4) is 11.1 Å². The van der Waals surface area contributed by atoms with Gasteiger partial charge in [-0.1, -0.05) is 24.3 Å². The molecule has 1 heterocycles. The average molecular weight is 201 g/mol. The Balaban J connectivity index is 0.000000110. The quantitative estimate of drug-likeness (QED) is 0.438. The van der Waals surface area contributed by atoms with Gasteiger partial charge < -0.3 is 0 Å². The van der Waals surface area contributed by atoms with E-state index < -0.39 is 0 Å². The third-order valence-electron chi connectivity index (χ3n) is 1.88. The largest absolute Gasteiger partial charge is 0.241 e. The van der Waals surface area contributed by atoms with Gasteiger partial charge in [-0.3, -0.25) is 0 Å². The molecule has 3 heteroatoms. The highest BCUT2D eigenvalue weighted by Crippen LogP contribution is 2.29. The maximum absolute atomic E-state index is 9.59. The minimum Gasteiger partial charge on any atom is -0.211 e. The lowest BCUT2D eigenvalue weighted by molar-refractivity contribution is 0.565. The zero-order valence-corrected chi connectivity index (χ0v) is 8.12. The first-order chi connectivity index (χ1) is 6.90. The summed E-state index contributed by atoms with van der Waals surface area (Å²) in [6.45, 7) is 0. The Bertz CT molecular complexity index is 432. The number of hydrogen-bond donors (Lipinski definition) is 0. The van der Waals surface area contributed by atoms with Crippen LogP contribution in [0.4, 0.5) is 5.00 Å². The molecule has 2 nitrogen and oxygen atoms in total. The summed E-state index contributed by atoms with van der Waals surface area (Å²) < 4.78 is 0. The predicted octanol–water partition coefficient (Wildman–Crippen LogP) is 3.38. The molecule has 0 N–H and O–H groups in total. The molecule has 0 saturated heterocycles. The minimum atomic E-state index is 0.708. The van der Waals surface area contributed by atoms with Crippen molar-refractivity contribution in [1.82, 2.24) is 0 Å². The van der Waals surface area contributed by atoms with E-state index in [4.69, 9.17) is 0 Å². The van der Waals surface area contributed by atoms with E-state index in [9.17, 15) is 4.79 Å². The molecule has 0 unspecified atom stereocenters. The van der Waals surface area contributed by atoms with E-state index in [0.717, 1.165) is 0 Å². The minimum absolute atomic E-state index is 0.708. The van der Waals surface area contributed by atoms with Crippen LogP contribution in [0.3, 0.4) is 0 Å². The molecule has 2 aliphatic rings. The molecule has 0 amide bonds. The molecule has 1 aromatic heterocycles. The molecule has 0 aliphatic heterocycles. The number of carbonyl (C=O) groups excluding carboxylic acids is 1. The predicted molar refractivity (Wildman–Crippen MR) is 57.5 cm³/mol. The highest BCUT2D eigenvalue weighted by molar-refractivity contribution is 7.13. The highest BCUT2D eigenvalue weighted by atomic mass is 32.1. The summed E-state index contributed by atoms with van der Waals surface area (Å²) in [5, 5.41) is 2.57. The first-order valence-electron chi connectivity index (χ1n) is 4.12. The van der Waals surface area contributed by atoms with Crippen LogP contribution in [0.5, 0.6) is 0 Å². The van der Waals surface area contributed by atoms with Gasteiger partial charge in [-0.15, -0.1) is 11.3 Å². The highest BCUT2D eigenvalue weighted by Gasteiger charge is 2.03. The first kappa shape index (κ1) is 8.88. The Morgan fingerprint density at radius 2 is 1.71 bits per heavy atom. The van der Waals surface area contributed by atoms with Gasteiger partial charge in [0.1, 0.15) is 5.00 Å². The molecular formula is C11H7NOS. The number of benzene rings is 1. The first-order valence-corrected chi connectivity index (χ1v) is 5.00. The van der Waals surface area contributed by atoms with Gasteiger partial charge in [-0.2, -0.15) is 4.99 Å². The molecule has 14 heavy (non-hydrogen) atoms. The van der Waals surface area contributed by atoms with Crippen LogP contribution < -0.4 is 0 Å². The lowest BCUT2D eigenvalue weighted by atomic mass is 9.95. The van der Waals surface area contributed by atoms with Crippen molar-refractivity contribution < 1.29 is 4.79 Å². The van der Waals surface area contributed by atoms with Crippen LogP contribution >= 0.6 is 11.3 Å². The van der Waals surface area contributed by atoms with Gasteiger partial charge in [0.05, 0.1) is 0 Å². The molecule has 0 spiro atoms. The second-order valence-electron chi connectivity index (χ2n) is 2.73. The molecule has 3 rings (SSSR count). The fourth-order valence-electron chi connectivity index (χ4n) is 1.04. The van der Waals surface area contributed by atoms with Gasteiger partial charge in [-0.05, 0) is 28.6 Å². The number of nitrogens with zero attached hydrogens (tertiary/aromatic N) is 1. The van der Waals surface area contributed by atoms with Gasteiger partial charge >= 0.3 is 0 Å². The summed E-state index contributed by atoms with van der Waals surface area (Å²) in [5.74, 6) is 0. The van der Waals surface area contributed by atoms with Gasteiger partial charge in [0.15, 0.2) is 0 Å². The van der Waals surface area contributed by atoms with Crippen molar-refractivity contribution >= 4 is 22.4 Å². The van der Waals surface area contributed by atoms with Crippen LogP contribution in [0.25, 0.3) is 11.1 Å². The molecule has 0 atom stereocenters. The molecule has 0 aromatic carbocycles. The molecule has 0 fully saturated rings. The molecule has 2 aliphatic carbocycles. The van der Waals surface area contributed by atoms with Gasteiger partial charge in [0, 0.05) is 0 Å². The molecule has 68 valence electrons. The lowest BCUT2D eigenvalue weighted by Gasteiger charge is -2.10. The molecule has 0 saturated carbocycles. The Kier molecular flexibility index (Phi) is 2.54. The zero-order chi connectivity index (χ0) is 9.80. The zero-order valence-electron chi connectivity index (χ0n) is 7.31. The van der Waals surface area contributed by atoms with Crippen LogP contribution in [0.2, 0.25) is 0 Å². The summed E-state index contributed by atoms with van der Waals surface area (Å²) in [6, 6.07) is 12.1. The van der Waals surface area contributed by atoms with Gasteiger partial charge in [0.2, 0.25) is 6.08 Å². The van der Waals surface area contributed by atoms with Gasteiger partial charge in [0.25, 0.3) is 0 Å². The Hall–Kier alpha value is -1.70. The molecular weight excluding hydrogens is 194 g/mol. The summed E-state index contributed by atoms with van der Waals surface area (Å²) >= 11 is 1.42. The third kappa shape index (κ3) is 1.79. The van der Waals surface area contributed by atoms with Crippen LogP contribution in [-0.4, -0.2) is 6.08 Å². The SMILES string of the molecule is O=C=Nc1cccs1.c1cc2ccc1-2. The van der Waals surface area contributed by atoms with E-state index in [2.05, 4.69) is 29.3 Å². The topological polar surface area (TPSA) is 29.4 Å². The summed E-state index contributed by atoms with van der Waals surface area (Å²) in [6.07, 6.45) is 1.46. The fraction of sp³-hybridized carbons (Fsp3) is 0. The Labute approximate surface area is 85.6 Å². The maximum Gasteiger partial charge on any atom is 0.241 e. The van der Waals surface area contributed by atoms with Crippen LogP contribution in [-0.2, 0) is 4.79 Å². The standard InChI is InChI=1S/C6H4.C5H3NOS/c1-2-6-4-3-5(1)6;7-4-6-5-2-1-3-8-5/h1-4H;1-3H. The van der Waals surface area contributed by atoms with E-state index in [1.54, 1.807) is 6.07 Å². The summed E-state index contributed by atoms with van der Waals surface area (Å²) in [5.41, 5.74) is 2.85. The van der Waals surface area contributed by atoms with Crippen molar-refractivity contribution in [2.24, 2.45) is 4.99 Å². The number of thiophene rings is 1. The second kappa shape index (κ2) is 4.01. The van der Waals surface area contributed by atoms with E-state index in [1.807, 2.05) is 11.4 Å². The van der Waals surface area contributed by atoms with Crippen molar-refractivity contribution in [1.29, 1.82) is 0 Å². The normalized spacial score (nSPS) is 9.43. The number of aliphatic imine (C=N–C) groups is 1. The molecule has 1 aromatic rings. The number of isocyanates is 1. The van der Waals surface area contributed by atoms with Crippen molar-refractivity contribution in [3.05, 3.63) is 41.8 Å². The molecule has 0 radical (unpaired) electrons. The monoisotopic (exact) mass is 201 g/mol. The Morgan fingerprint density at radius 3 is 2.00 bits per heavy atom. The summed E-state index contributed by atoms with van der Waals surface area (Å²) in [7, 11) is 0. The van der Waals surface area contributed by atoms with E-state index in [-0.39, 0.29) is 0 Å². The van der Waals surface area contributed by atoms with E-state index in [0.29, 0.717) is 5.00 Å². The van der Waals surface area contributed by atoms with Crippen LogP contribution in [0.15, 0.2) is 46.8 Å². The number of fused-ring (bicyclic) bond motifs is 1. The average Bonchev–Trinajstić information content (AvgIpc) is 2.66. The summed E-state index contributed by atoms with van der Waals surface area (Å²) in [4.78, 5) is 13.0. The third-order valence-corrected chi connectivity index (χ3v) is 2.64. The van der Waals surface area contributed by atoms with Crippen LogP contribution in [0.1, 0.15) is 0 Å². The van der Waals surface area contributed by atoms with E-state index in [1.165, 1.54) is 28.5 Å². The number of rotatable bonds is 1. The van der Waals surface area contributed by atoms with Crippen molar-refractivity contribution in [2.45, 2.75) is 0 Å². The molecule has 0 bridgehead atoms. The second-order valence-corrected chi connectivity index (χ2v) is 3.66.